The van der Waals surface area contributed by atoms with Crippen molar-refractivity contribution < 1.29 is 61.1 Å². The van der Waals surface area contributed by atoms with Gasteiger partial charge in [0.25, 0.3) is 11.1 Å². The quantitative estimate of drug-likeness (QED) is 0.0215. The highest BCUT2D eigenvalue weighted by Crippen LogP contribution is 2.49. The first-order valence-electron chi connectivity index (χ1n) is 40.9. The van der Waals surface area contributed by atoms with E-state index in [0.717, 1.165) is 96.0 Å². The van der Waals surface area contributed by atoms with Gasteiger partial charge < -0.3 is 56.1 Å². The summed E-state index contributed by atoms with van der Waals surface area (Å²) in [5, 5.41) is 0. The van der Waals surface area contributed by atoms with Crippen LogP contribution in [-0.2, 0) is 107 Å². The minimum absolute atomic E-state index is 0.201. The molecule has 1 N–H and O–H groups in total. The molecule has 0 aliphatic carbocycles. The molecule has 0 saturated heterocycles. The molecular weight excluding hydrogens is 1470 g/mol. The third-order valence-corrected chi connectivity index (χ3v) is 22.0. The molecular formula is C96H124N3O15P. The van der Waals surface area contributed by atoms with Crippen LogP contribution in [0.1, 0.15) is 208 Å². The van der Waals surface area contributed by atoms with Crippen molar-refractivity contribution in [3.05, 3.63) is 281 Å². The van der Waals surface area contributed by atoms with E-state index in [2.05, 4.69) is 149 Å². The number of pyridine rings is 2. The molecule has 115 heavy (non-hydrogen) atoms. The van der Waals surface area contributed by atoms with Crippen molar-refractivity contribution in [1.29, 1.82) is 0 Å². The highest BCUT2D eigenvalue weighted by Gasteiger charge is 2.29. The molecule has 0 atom stereocenters. The summed E-state index contributed by atoms with van der Waals surface area (Å²) in [6.07, 6.45) is 8.54. The molecule has 19 heteroatoms. The topological polar surface area (TPSA) is 192 Å². The molecule has 0 fully saturated rings. The second kappa shape index (κ2) is 43.6. The Labute approximate surface area is 683 Å². The van der Waals surface area contributed by atoms with Crippen LogP contribution < -0.4 is 45.0 Å². The van der Waals surface area contributed by atoms with E-state index < -0.39 is 7.60 Å². The lowest BCUT2D eigenvalue weighted by molar-refractivity contribution is -0.134. The molecule has 9 rings (SSSR count). The van der Waals surface area contributed by atoms with Gasteiger partial charge in [-0.05, 0) is 176 Å². The van der Waals surface area contributed by atoms with Gasteiger partial charge >= 0.3 is 7.60 Å². The predicted octanol–water partition coefficient (Wildman–Crippen LogP) is 19.9. The zero-order valence-electron chi connectivity index (χ0n) is 70.5. The van der Waals surface area contributed by atoms with Gasteiger partial charge in [0.2, 0.25) is 5.91 Å². The summed E-state index contributed by atoms with van der Waals surface area (Å²) in [7, 11) is -3.26. The van der Waals surface area contributed by atoms with E-state index >= 15 is 0 Å². The van der Waals surface area contributed by atoms with Crippen LogP contribution in [-0.4, -0.2) is 87.3 Å². The Morgan fingerprint density at radius 2 is 0.757 bits per heavy atom. The smallest absolute Gasteiger partial charge is 0.330 e. The minimum Gasteiger partial charge on any atom is -0.493 e. The fourth-order valence-corrected chi connectivity index (χ4v) is 15.0. The first-order valence-corrected chi connectivity index (χ1v) is 42.6. The van der Waals surface area contributed by atoms with Crippen LogP contribution in [0.3, 0.4) is 0 Å². The molecule has 0 bridgehead atoms. The van der Waals surface area contributed by atoms with Crippen molar-refractivity contribution in [1.82, 2.24) is 14.6 Å². The molecule has 18 nitrogen and oxygen atoms in total. The van der Waals surface area contributed by atoms with Gasteiger partial charge in [-0.1, -0.05) is 223 Å². The fourth-order valence-electron chi connectivity index (χ4n) is 13.3. The van der Waals surface area contributed by atoms with Crippen LogP contribution in [0, 0.1) is 0 Å². The molecule has 0 spiro atoms. The standard InChI is InChI=1S/C96H124N3O15P/c1-15-113-115(103,114-16-2)58-30-20-28-50-108-89-76(59-74-62-80(93(3,4)5)42-44-84(74)106-56-54-104-52-48-98-46-31-39-86(91(98)101)110-68-71-33-21-17-22-34-71)64-82(95(9,10)11)66-78(89)61-79-67-83(96(12,13)14)65-77(90(79)109-51-29-27-41-88(100)97-112-70-73-37-25-19-26-38-73)60-75-63-81(94(6,7)8)43-45-85(75)107-57-55-105-53-49-99-47-32-40-87(92(99)102)111-69-72-35-23-18-24-36-72/h17-19,21-26,31-40,42-47,62-67H,15-16,20,27-30,41,48-61,68-70H2,1-14H3,(H,97,100). The molecule has 0 radical (unpaired) electrons. The van der Waals surface area contributed by atoms with Gasteiger partial charge in [0, 0.05) is 51.2 Å². The van der Waals surface area contributed by atoms with Crippen molar-refractivity contribution in [2.45, 2.75) is 209 Å². The largest absolute Gasteiger partial charge is 0.493 e. The Balaban J connectivity index is 1.05. The first-order chi connectivity index (χ1) is 55.1. The van der Waals surface area contributed by atoms with Gasteiger partial charge in [-0.2, -0.15) is 0 Å². The van der Waals surface area contributed by atoms with Gasteiger partial charge in [0.15, 0.2) is 11.5 Å². The molecule has 1 amide bonds. The molecule has 9 aromatic rings. The SMILES string of the molecule is CCOP(=O)(CCCCCOc1c(Cc2cc(C(C)(C)C)ccc2OCCOCCn2cccc(OCc3ccccc3)c2=O)cc(C(C)(C)C)cc1Cc1cc(C(C)(C)C)cc(Cc2cc(C(C)(C)C)ccc2OCCOCCn2cccc(OCc3ccccc3)c2=O)c1OCCCCC(=O)NOCc1ccccc1)OCC. The van der Waals surface area contributed by atoms with E-state index in [9.17, 15) is 18.9 Å². The van der Waals surface area contributed by atoms with Crippen molar-refractivity contribution in [2.24, 2.45) is 0 Å². The molecule has 2 aromatic heterocycles. The molecule has 0 unspecified atom stereocenters. The summed E-state index contributed by atoms with van der Waals surface area (Å²) in [6, 6.07) is 58.4. The maximum Gasteiger partial charge on any atom is 0.330 e. The summed E-state index contributed by atoms with van der Waals surface area (Å²) in [5.74, 6) is 3.30. The Bertz CT molecular complexity index is 4680. The van der Waals surface area contributed by atoms with E-state index in [4.69, 9.17) is 51.8 Å². The van der Waals surface area contributed by atoms with Crippen LogP contribution in [0.25, 0.3) is 0 Å². The fraction of sp³-hybridized carbons (Fsp3) is 0.448. The number of benzene rings is 7. The number of carbonyl (C=O) groups is 1. The number of rotatable bonds is 46. The number of ether oxygens (including phenoxy) is 8. The van der Waals surface area contributed by atoms with E-state index in [1.807, 2.05) is 117 Å². The molecule has 0 aliphatic heterocycles. The minimum atomic E-state index is -3.26. The number of hydrogen-bond acceptors (Lipinski definition) is 15. The van der Waals surface area contributed by atoms with Crippen molar-refractivity contribution >= 4 is 13.5 Å². The predicted molar refractivity (Wildman–Crippen MR) is 458 cm³/mol. The summed E-state index contributed by atoms with van der Waals surface area (Å²) in [4.78, 5) is 45.9. The van der Waals surface area contributed by atoms with Gasteiger partial charge in [0.1, 0.15) is 49.4 Å². The number of unbranched alkanes of at least 4 members (excludes halogenated alkanes) is 3. The second-order valence-electron chi connectivity index (χ2n) is 33.3. The number of hydroxylamine groups is 1. The van der Waals surface area contributed by atoms with E-state index in [-0.39, 0.29) is 116 Å². The Morgan fingerprint density at radius 1 is 0.374 bits per heavy atom. The Morgan fingerprint density at radius 3 is 1.16 bits per heavy atom. The average molecular weight is 1590 g/mol. The summed E-state index contributed by atoms with van der Waals surface area (Å²) in [5.41, 5.74) is 14.5. The van der Waals surface area contributed by atoms with Crippen molar-refractivity contribution in [3.63, 3.8) is 0 Å². The van der Waals surface area contributed by atoms with Crippen LogP contribution in [0.2, 0.25) is 0 Å². The molecule has 2 heterocycles. The van der Waals surface area contributed by atoms with E-state index in [1.54, 1.807) is 33.7 Å². The van der Waals surface area contributed by atoms with E-state index in [0.29, 0.717) is 96.4 Å². The monoisotopic (exact) mass is 1590 g/mol. The Kier molecular flexibility index (Phi) is 34.0. The zero-order chi connectivity index (χ0) is 82.4. The number of amides is 1. The van der Waals surface area contributed by atoms with Crippen molar-refractivity contribution in [2.75, 3.05) is 72.2 Å². The van der Waals surface area contributed by atoms with E-state index in [1.165, 1.54) is 0 Å². The number of carbonyl (C=O) groups excluding carboxylic acids is 1. The summed E-state index contributed by atoms with van der Waals surface area (Å²) < 4.78 is 80.7. The van der Waals surface area contributed by atoms with Crippen LogP contribution in [0.15, 0.2) is 198 Å². The summed E-state index contributed by atoms with van der Waals surface area (Å²) >= 11 is 0. The summed E-state index contributed by atoms with van der Waals surface area (Å²) in [6.45, 7) is 34.9. The molecule has 618 valence electrons. The maximum atomic E-state index is 13.7. The van der Waals surface area contributed by atoms with Crippen LogP contribution in [0.4, 0.5) is 0 Å². The third-order valence-electron chi connectivity index (χ3n) is 19.9. The maximum absolute atomic E-state index is 13.7. The molecule has 0 aliphatic rings. The van der Waals surface area contributed by atoms with Gasteiger partial charge in [-0.15, -0.1) is 0 Å². The molecule has 0 saturated carbocycles. The lowest BCUT2D eigenvalue weighted by Crippen LogP contribution is -2.23. The highest BCUT2D eigenvalue weighted by molar-refractivity contribution is 7.53. The van der Waals surface area contributed by atoms with Crippen LogP contribution in [0.5, 0.6) is 34.5 Å². The first kappa shape index (κ1) is 89.7. The van der Waals surface area contributed by atoms with Gasteiger partial charge in [0.05, 0.1) is 65.6 Å². The average Bonchev–Trinajstić information content (AvgIpc) is 0.773. The lowest BCUT2D eigenvalue weighted by Gasteiger charge is -2.28. The number of nitrogens with zero attached hydrogens (tertiary/aromatic N) is 2. The van der Waals surface area contributed by atoms with Crippen LogP contribution >= 0.6 is 7.60 Å². The number of aromatic nitrogens is 2. The third kappa shape index (κ3) is 28.6. The second-order valence-corrected chi connectivity index (χ2v) is 35.5. The number of hydrogen-bond donors (Lipinski definition) is 1. The van der Waals surface area contributed by atoms with Crippen molar-refractivity contribution in [3.8, 4) is 34.5 Å². The highest BCUT2D eigenvalue weighted by atomic mass is 31.2. The normalized spacial score (nSPS) is 12.1. The molecule has 7 aromatic carbocycles. The number of nitrogens with one attached hydrogen (secondary N) is 1. The van der Waals surface area contributed by atoms with Gasteiger partial charge in [-0.25, -0.2) is 5.48 Å². The zero-order valence-corrected chi connectivity index (χ0v) is 71.4. The lowest BCUT2D eigenvalue weighted by atomic mass is 9.80. The van der Waals surface area contributed by atoms with Gasteiger partial charge in [-0.3, -0.25) is 23.8 Å². The Hall–Kier alpha value is -9.26.